The first-order chi connectivity index (χ1) is 17.1. The first kappa shape index (κ1) is 25.3. The molecule has 0 unspecified atom stereocenters. The van der Waals surface area contributed by atoms with E-state index in [1.165, 1.54) is 34.6 Å². The molecule has 9 heteroatoms. The van der Waals surface area contributed by atoms with Crippen molar-refractivity contribution in [2.75, 3.05) is 9.62 Å². The van der Waals surface area contributed by atoms with Crippen molar-refractivity contribution < 1.29 is 22.0 Å². The minimum Gasteiger partial charge on any atom is -0.322 e. The van der Waals surface area contributed by atoms with Crippen molar-refractivity contribution in [2.45, 2.75) is 18.4 Å². The zero-order valence-corrected chi connectivity index (χ0v) is 20.7. The Morgan fingerprint density at radius 3 is 2.25 bits per heavy atom. The number of nitrogens with zero attached hydrogens (tertiary/aromatic N) is 1. The second kappa shape index (κ2) is 10.5. The van der Waals surface area contributed by atoms with E-state index in [4.69, 9.17) is 11.6 Å². The molecular formula is C27H21ClF2N2O3S. The third kappa shape index (κ3) is 5.56. The SMILES string of the molecule is Cc1ccc(Cl)cc1N(Cc1ccc(C(=O)Nc2ccc(F)c(F)c2)cc1)S(=O)(=O)c1ccccc1. The van der Waals surface area contributed by atoms with Gasteiger partial charge in [-0.1, -0.05) is 48.0 Å². The van der Waals surface area contributed by atoms with E-state index in [-0.39, 0.29) is 22.7 Å². The Kier molecular flexibility index (Phi) is 7.37. The number of carbonyl (C=O) groups is 1. The first-order valence-corrected chi connectivity index (χ1v) is 12.7. The lowest BCUT2D eigenvalue weighted by molar-refractivity contribution is 0.102. The highest BCUT2D eigenvalue weighted by Gasteiger charge is 2.26. The van der Waals surface area contributed by atoms with Gasteiger partial charge in [0, 0.05) is 22.3 Å². The zero-order chi connectivity index (χ0) is 25.9. The highest BCUT2D eigenvalue weighted by molar-refractivity contribution is 7.92. The van der Waals surface area contributed by atoms with Gasteiger partial charge in [0.05, 0.1) is 17.1 Å². The summed E-state index contributed by atoms with van der Waals surface area (Å²) in [5.74, 6) is -2.60. The molecule has 1 N–H and O–H groups in total. The number of rotatable bonds is 7. The van der Waals surface area contributed by atoms with Crippen LogP contribution in [0.4, 0.5) is 20.2 Å². The van der Waals surface area contributed by atoms with Crippen molar-refractivity contribution >= 4 is 38.9 Å². The number of benzene rings is 4. The molecule has 4 aromatic carbocycles. The summed E-state index contributed by atoms with van der Waals surface area (Å²) in [5, 5.41) is 2.90. The minimum atomic E-state index is -3.94. The molecule has 36 heavy (non-hydrogen) atoms. The predicted molar refractivity (Wildman–Crippen MR) is 137 cm³/mol. The van der Waals surface area contributed by atoms with Crippen molar-refractivity contribution in [1.82, 2.24) is 0 Å². The van der Waals surface area contributed by atoms with Crippen molar-refractivity contribution in [3.8, 4) is 0 Å². The number of hydrogen-bond donors (Lipinski definition) is 1. The fourth-order valence-electron chi connectivity index (χ4n) is 3.58. The van der Waals surface area contributed by atoms with Crippen LogP contribution in [0, 0.1) is 18.6 Å². The summed E-state index contributed by atoms with van der Waals surface area (Å²) in [5.41, 5.74) is 2.16. The van der Waals surface area contributed by atoms with Crippen LogP contribution in [0.15, 0.2) is 95.9 Å². The average Bonchev–Trinajstić information content (AvgIpc) is 2.87. The van der Waals surface area contributed by atoms with Gasteiger partial charge in [-0.25, -0.2) is 17.2 Å². The number of amides is 1. The van der Waals surface area contributed by atoms with Crippen LogP contribution in [0.5, 0.6) is 0 Å². The number of halogens is 3. The Hall–Kier alpha value is -3.75. The van der Waals surface area contributed by atoms with Crippen LogP contribution in [0.25, 0.3) is 0 Å². The molecule has 0 atom stereocenters. The van der Waals surface area contributed by atoms with E-state index >= 15 is 0 Å². The minimum absolute atomic E-state index is 0.0104. The monoisotopic (exact) mass is 526 g/mol. The van der Waals surface area contributed by atoms with E-state index < -0.39 is 27.6 Å². The molecule has 0 aliphatic rings. The van der Waals surface area contributed by atoms with E-state index in [1.54, 1.807) is 55.5 Å². The molecule has 0 aliphatic carbocycles. The van der Waals surface area contributed by atoms with E-state index in [2.05, 4.69) is 5.32 Å². The average molecular weight is 527 g/mol. The van der Waals surface area contributed by atoms with Crippen LogP contribution in [-0.4, -0.2) is 14.3 Å². The molecule has 5 nitrogen and oxygen atoms in total. The molecule has 0 heterocycles. The van der Waals surface area contributed by atoms with Crippen molar-refractivity contribution in [1.29, 1.82) is 0 Å². The molecule has 184 valence electrons. The van der Waals surface area contributed by atoms with Gasteiger partial charge in [-0.15, -0.1) is 0 Å². The molecule has 4 aromatic rings. The van der Waals surface area contributed by atoms with Gasteiger partial charge in [-0.2, -0.15) is 0 Å². The van der Waals surface area contributed by atoms with Crippen LogP contribution >= 0.6 is 11.6 Å². The summed E-state index contributed by atoms with van der Waals surface area (Å²) >= 11 is 6.19. The molecule has 0 radical (unpaired) electrons. The van der Waals surface area contributed by atoms with Gasteiger partial charge in [0.1, 0.15) is 0 Å². The van der Waals surface area contributed by atoms with Gasteiger partial charge in [-0.3, -0.25) is 9.10 Å². The molecular weight excluding hydrogens is 506 g/mol. The van der Waals surface area contributed by atoms with Crippen molar-refractivity contribution in [3.05, 3.63) is 124 Å². The predicted octanol–water partition coefficient (Wildman–Crippen LogP) is 6.57. The molecule has 0 aliphatic heterocycles. The lowest BCUT2D eigenvalue weighted by Gasteiger charge is -2.26. The Morgan fingerprint density at radius 1 is 0.889 bits per heavy atom. The summed E-state index contributed by atoms with van der Waals surface area (Å²) in [6, 6.07) is 22.5. The summed E-state index contributed by atoms with van der Waals surface area (Å²) in [6.07, 6.45) is 0. The highest BCUT2D eigenvalue weighted by atomic mass is 35.5. The molecule has 4 rings (SSSR count). The quantitative estimate of drug-likeness (QED) is 0.296. The summed E-state index contributed by atoms with van der Waals surface area (Å²) in [4.78, 5) is 12.7. The van der Waals surface area contributed by atoms with Crippen LogP contribution in [-0.2, 0) is 16.6 Å². The van der Waals surface area contributed by atoms with E-state index in [9.17, 15) is 22.0 Å². The third-order valence-electron chi connectivity index (χ3n) is 5.49. The molecule has 0 saturated heterocycles. The van der Waals surface area contributed by atoms with Gasteiger partial charge in [-0.05, 0) is 66.6 Å². The Balaban J connectivity index is 1.62. The van der Waals surface area contributed by atoms with Gasteiger partial charge in [0.25, 0.3) is 15.9 Å². The van der Waals surface area contributed by atoms with Crippen LogP contribution < -0.4 is 9.62 Å². The first-order valence-electron chi connectivity index (χ1n) is 10.8. The molecule has 0 bridgehead atoms. The highest BCUT2D eigenvalue weighted by Crippen LogP contribution is 2.31. The smallest absolute Gasteiger partial charge is 0.264 e. The van der Waals surface area contributed by atoms with Crippen LogP contribution in [0.2, 0.25) is 5.02 Å². The normalized spacial score (nSPS) is 11.2. The molecule has 0 fully saturated rings. The topological polar surface area (TPSA) is 66.5 Å². The Morgan fingerprint density at radius 2 is 1.58 bits per heavy atom. The lowest BCUT2D eigenvalue weighted by Crippen LogP contribution is -2.31. The van der Waals surface area contributed by atoms with Gasteiger partial charge in [0.2, 0.25) is 0 Å². The van der Waals surface area contributed by atoms with Gasteiger partial charge in [0.15, 0.2) is 11.6 Å². The fourth-order valence-corrected chi connectivity index (χ4v) is 5.27. The number of carbonyl (C=O) groups excluding carboxylic acids is 1. The van der Waals surface area contributed by atoms with Gasteiger partial charge >= 0.3 is 0 Å². The third-order valence-corrected chi connectivity index (χ3v) is 7.50. The number of sulfonamides is 1. The van der Waals surface area contributed by atoms with Crippen molar-refractivity contribution in [2.24, 2.45) is 0 Å². The molecule has 1 amide bonds. The second-order valence-electron chi connectivity index (χ2n) is 8.04. The molecule has 0 saturated carbocycles. The largest absolute Gasteiger partial charge is 0.322 e. The lowest BCUT2D eigenvalue weighted by atomic mass is 10.1. The van der Waals surface area contributed by atoms with Crippen LogP contribution in [0.1, 0.15) is 21.5 Å². The Bertz CT molecular complexity index is 1510. The number of aryl methyl sites for hydroxylation is 1. The van der Waals surface area contributed by atoms with E-state index in [1.807, 2.05) is 0 Å². The van der Waals surface area contributed by atoms with E-state index in [0.717, 1.165) is 17.7 Å². The maximum atomic E-state index is 13.6. The number of anilines is 2. The maximum absolute atomic E-state index is 13.6. The summed E-state index contributed by atoms with van der Waals surface area (Å²) in [6.45, 7) is 1.79. The molecule has 0 aromatic heterocycles. The fraction of sp³-hybridized carbons (Fsp3) is 0.0741. The number of hydrogen-bond acceptors (Lipinski definition) is 3. The Labute approximate surface area is 213 Å². The number of nitrogens with one attached hydrogen (secondary N) is 1. The van der Waals surface area contributed by atoms with E-state index in [0.29, 0.717) is 16.3 Å². The van der Waals surface area contributed by atoms with Crippen molar-refractivity contribution in [3.63, 3.8) is 0 Å². The summed E-state index contributed by atoms with van der Waals surface area (Å²) in [7, 11) is -3.94. The summed E-state index contributed by atoms with van der Waals surface area (Å²) < 4.78 is 55.0. The zero-order valence-electron chi connectivity index (χ0n) is 19.1. The second-order valence-corrected chi connectivity index (χ2v) is 10.3. The standard InChI is InChI=1S/C27H21ClF2N2O3S/c1-18-7-12-21(28)15-26(18)32(36(34,35)23-5-3-2-4-6-23)17-19-8-10-20(11-9-19)27(33)31-22-13-14-24(29)25(30)16-22/h2-16H,17H2,1H3,(H,31,33). The van der Waals surface area contributed by atoms with Gasteiger partial charge < -0.3 is 5.32 Å². The molecule has 0 spiro atoms. The van der Waals surface area contributed by atoms with Crippen LogP contribution in [0.3, 0.4) is 0 Å². The maximum Gasteiger partial charge on any atom is 0.264 e.